The van der Waals surface area contributed by atoms with E-state index in [1.54, 1.807) is 12.1 Å². The molecule has 2 aromatic rings. The average Bonchev–Trinajstić information content (AvgIpc) is 2.86. The highest BCUT2D eigenvalue weighted by atomic mass is 16.3. The van der Waals surface area contributed by atoms with E-state index in [-0.39, 0.29) is 17.6 Å². The lowest BCUT2D eigenvalue weighted by molar-refractivity contribution is -0.132. The predicted octanol–water partition coefficient (Wildman–Crippen LogP) is 2.88. The summed E-state index contributed by atoms with van der Waals surface area (Å²) in [6.07, 6.45) is 1.67. The first kappa shape index (κ1) is 17.5. The Balaban J connectivity index is 1.82. The van der Waals surface area contributed by atoms with Crippen LogP contribution < -0.4 is 0 Å². The molecule has 4 nitrogen and oxygen atoms in total. The van der Waals surface area contributed by atoms with Crippen molar-refractivity contribution >= 4 is 5.91 Å². The van der Waals surface area contributed by atoms with Crippen LogP contribution in [0.3, 0.4) is 0 Å². The molecule has 1 aliphatic rings. The van der Waals surface area contributed by atoms with Crippen molar-refractivity contribution in [3.8, 4) is 5.75 Å². The van der Waals surface area contributed by atoms with Crippen molar-refractivity contribution in [2.75, 3.05) is 33.2 Å². The molecule has 0 bridgehead atoms. The minimum Gasteiger partial charge on any atom is -0.508 e. The highest BCUT2D eigenvalue weighted by Crippen LogP contribution is 2.25. The second-order valence-corrected chi connectivity index (χ2v) is 6.82. The molecule has 3 rings (SSSR count). The summed E-state index contributed by atoms with van der Waals surface area (Å²) in [6, 6.07) is 17.2. The fraction of sp³-hybridized carbons (Fsp3) is 0.381. The highest BCUT2D eigenvalue weighted by Gasteiger charge is 2.27. The van der Waals surface area contributed by atoms with Crippen molar-refractivity contribution < 1.29 is 9.90 Å². The molecule has 0 aliphatic carbocycles. The molecule has 0 unspecified atom stereocenters. The first-order valence-corrected chi connectivity index (χ1v) is 8.93. The molecule has 0 spiro atoms. The summed E-state index contributed by atoms with van der Waals surface area (Å²) in [6.45, 7) is 3.57. The average molecular weight is 338 g/mol. The van der Waals surface area contributed by atoms with Crippen LogP contribution >= 0.6 is 0 Å². The smallest absolute Gasteiger partial charge is 0.230 e. The van der Waals surface area contributed by atoms with E-state index in [1.165, 1.54) is 0 Å². The second kappa shape index (κ2) is 8.17. The molecule has 1 atom stereocenters. The van der Waals surface area contributed by atoms with Crippen LogP contribution in [-0.4, -0.2) is 54.0 Å². The van der Waals surface area contributed by atoms with E-state index in [4.69, 9.17) is 0 Å². The van der Waals surface area contributed by atoms with Crippen molar-refractivity contribution in [2.24, 2.45) is 0 Å². The SMILES string of the molecule is CN1CCCN(C(=O)[C@@H](Cc2ccc(O)cc2)c2ccccc2)CC1. The van der Waals surface area contributed by atoms with Crippen molar-refractivity contribution in [1.29, 1.82) is 0 Å². The van der Waals surface area contributed by atoms with Gasteiger partial charge in [-0.1, -0.05) is 42.5 Å². The summed E-state index contributed by atoms with van der Waals surface area (Å²) in [5.74, 6) is 0.269. The maximum absolute atomic E-state index is 13.3. The molecule has 1 heterocycles. The molecule has 2 aromatic carbocycles. The standard InChI is InChI=1S/C21H26N2O2/c1-22-12-5-13-23(15-14-22)21(25)20(18-6-3-2-4-7-18)16-17-8-10-19(24)11-9-17/h2-4,6-11,20,24H,5,12-16H2,1H3/t20-/m0/s1. The Kier molecular flexibility index (Phi) is 5.71. The van der Waals surface area contributed by atoms with Crippen LogP contribution in [0.25, 0.3) is 0 Å². The first-order chi connectivity index (χ1) is 12.1. The van der Waals surface area contributed by atoms with Gasteiger partial charge in [0.05, 0.1) is 5.92 Å². The van der Waals surface area contributed by atoms with E-state index in [0.29, 0.717) is 6.42 Å². The predicted molar refractivity (Wildman–Crippen MR) is 99.7 cm³/mol. The fourth-order valence-electron chi connectivity index (χ4n) is 3.39. The van der Waals surface area contributed by atoms with Crippen LogP contribution in [0.5, 0.6) is 5.75 Å². The summed E-state index contributed by atoms with van der Waals surface area (Å²) in [4.78, 5) is 17.6. The monoisotopic (exact) mass is 338 g/mol. The molecule has 4 heteroatoms. The highest BCUT2D eigenvalue weighted by molar-refractivity contribution is 5.84. The van der Waals surface area contributed by atoms with Gasteiger partial charge in [0, 0.05) is 19.6 Å². The van der Waals surface area contributed by atoms with E-state index in [1.807, 2.05) is 47.4 Å². The maximum atomic E-state index is 13.3. The number of likely N-dealkylation sites (N-methyl/N-ethyl adjacent to an activating group) is 1. The normalized spacial score (nSPS) is 17.1. The van der Waals surface area contributed by atoms with Gasteiger partial charge in [-0.25, -0.2) is 0 Å². The van der Waals surface area contributed by atoms with Crippen LogP contribution in [0.4, 0.5) is 0 Å². The second-order valence-electron chi connectivity index (χ2n) is 6.82. The Hall–Kier alpha value is -2.33. The first-order valence-electron chi connectivity index (χ1n) is 8.93. The quantitative estimate of drug-likeness (QED) is 0.932. The van der Waals surface area contributed by atoms with E-state index in [9.17, 15) is 9.90 Å². The number of hydrogen-bond donors (Lipinski definition) is 1. The van der Waals surface area contributed by atoms with E-state index in [2.05, 4.69) is 11.9 Å². The summed E-state index contributed by atoms with van der Waals surface area (Å²) in [7, 11) is 2.11. The molecule has 1 N–H and O–H groups in total. The van der Waals surface area contributed by atoms with Gasteiger partial charge < -0.3 is 14.9 Å². The van der Waals surface area contributed by atoms with Crippen molar-refractivity contribution in [3.05, 3.63) is 65.7 Å². The van der Waals surface area contributed by atoms with Gasteiger partial charge in [-0.3, -0.25) is 4.79 Å². The Morgan fingerprint density at radius 3 is 2.44 bits per heavy atom. The number of benzene rings is 2. The van der Waals surface area contributed by atoms with Crippen LogP contribution in [0.15, 0.2) is 54.6 Å². The van der Waals surface area contributed by atoms with Gasteiger partial charge in [0.15, 0.2) is 0 Å². The zero-order valence-electron chi connectivity index (χ0n) is 14.8. The molecule has 1 fully saturated rings. The van der Waals surface area contributed by atoms with Gasteiger partial charge in [-0.2, -0.15) is 0 Å². The number of aromatic hydroxyl groups is 1. The maximum Gasteiger partial charge on any atom is 0.230 e. The minimum absolute atomic E-state index is 0.186. The molecule has 1 saturated heterocycles. The summed E-state index contributed by atoms with van der Waals surface area (Å²) >= 11 is 0. The Morgan fingerprint density at radius 2 is 1.72 bits per heavy atom. The zero-order valence-corrected chi connectivity index (χ0v) is 14.8. The van der Waals surface area contributed by atoms with Gasteiger partial charge in [0.25, 0.3) is 0 Å². The number of carbonyl (C=O) groups excluding carboxylic acids is 1. The van der Waals surface area contributed by atoms with Crippen LogP contribution in [0.2, 0.25) is 0 Å². The largest absolute Gasteiger partial charge is 0.508 e. The van der Waals surface area contributed by atoms with Crippen molar-refractivity contribution in [3.63, 3.8) is 0 Å². The number of carbonyl (C=O) groups is 1. The van der Waals surface area contributed by atoms with Gasteiger partial charge in [0.2, 0.25) is 5.91 Å². The molecular weight excluding hydrogens is 312 g/mol. The van der Waals surface area contributed by atoms with Crippen LogP contribution in [0.1, 0.15) is 23.5 Å². The number of nitrogens with zero attached hydrogens (tertiary/aromatic N) is 2. The van der Waals surface area contributed by atoms with Crippen LogP contribution in [0, 0.1) is 0 Å². The summed E-state index contributed by atoms with van der Waals surface area (Å²) < 4.78 is 0. The number of phenolic OH excluding ortho intramolecular Hbond substituents is 1. The number of hydrogen-bond acceptors (Lipinski definition) is 3. The summed E-state index contributed by atoms with van der Waals surface area (Å²) in [5, 5.41) is 9.50. The molecule has 0 radical (unpaired) electrons. The summed E-state index contributed by atoms with van der Waals surface area (Å²) in [5.41, 5.74) is 2.12. The van der Waals surface area contributed by atoms with E-state index >= 15 is 0 Å². The lowest BCUT2D eigenvalue weighted by atomic mass is 9.90. The van der Waals surface area contributed by atoms with Crippen molar-refractivity contribution in [1.82, 2.24) is 9.80 Å². The third-order valence-corrected chi connectivity index (χ3v) is 4.91. The molecule has 1 amide bonds. The number of rotatable bonds is 4. The number of phenols is 1. The van der Waals surface area contributed by atoms with Gasteiger partial charge >= 0.3 is 0 Å². The lowest BCUT2D eigenvalue weighted by Gasteiger charge is -2.26. The Morgan fingerprint density at radius 1 is 1.00 bits per heavy atom. The Labute approximate surface area is 149 Å². The number of amides is 1. The van der Waals surface area contributed by atoms with Crippen LogP contribution in [-0.2, 0) is 11.2 Å². The minimum atomic E-state index is -0.186. The topological polar surface area (TPSA) is 43.8 Å². The van der Waals surface area contributed by atoms with Gasteiger partial charge in [-0.05, 0) is 49.7 Å². The molecular formula is C21H26N2O2. The van der Waals surface area contributed by atoms with E-state index < -0.39 is 0 Å². The third kappa shape index (κ3) is 4.60. The fourth-order valence-corrected chi connectivity index (χ4v) is 3.39. The van der Waals surface area contributed by atoms with Gasteiger partial charge in [-0.15, -0.1) is 0 Å². The Bertz CT molecular complexity index is 685. The molecule has 0 saturated carbocycles. The molecule has 1 aliphatic heterocycles. The molecule has 25 heavy (non-hydrogen) atoms. The van der Waals surface area contributed by atoms with Gasteiger partial charge in [0.1, 0.15) is 5.75 Å². The molecule has 132 valence electrons. The van der Waals surface area contributed by atoms with E-state index in [0.717, 1.165) is 43.7 Å². The molecule has 0 aromatic heterocycles. The zero-order chi connectivity index (χ0) is 17.6. The third-order valence-electron chi connectivity index (χ3n) is 4.91. The lowest BCUT2D eigenvalue weighted by Crippen LogP contribution is -2.38. The van der Waals surface area contributed by atoms with Crippen molar-refractivity contribution in [2.45, 2.75) is 18.8 Å².